The number of nitrogens with zero attached hydrogens (tertiary/aromatic N) is 1. The zero-order chi connectivity index (χ0) is 13.2. The summed E-state index contributed by atoms with van der Waals surface area (Å²) < 4.78 is 1.83. The molecule has 0 radical (unpaired) electrons. The van der Waals surface area contributed by atoms with Crippen LogP contribution in [-0.2, 0) is 17.8 Å². The number of carbonyl (C=O) groups excluding carboxylic acids is 2. The Balaban J connectivity index is 0.00000147. The molecule has 4 nitrogen and oxygen atoms in total. The highest BCUT2D eigenvalue weighted by molar-refractivity contribution is 6.01. The summed E-state index contributed by atoms with van der Waals surface area (Å²) in [5, 5.41) is 2.76. The molecule has 1 aromatic heterocycles. The van der Waals surface area contributed by atoms with E-state index in [0.29, 0.717) is 18.5 Å². The third kappa shape index (κ3) is 2.86. The standard InChI is InChI=1S/C15H12N2O2.ClH/c18-14(10-17-6-2-1-3-7-17)11-4-5-13-12(8-11)9-15(19)16-13;/h1-8H,9-10H2;1H. The van der Waals surface area contributed by atoms with Gasteiger partial charge in [-0.15, -0.1) is 0 Å². The van der Waals surface area contributed by atoms with Gasteiger partial charge in [-0.1, -0.05) is 6.07 Å². The quantitative estimate of drug-likeness (QED) is 0.544. The van der Waals surface area contributed by atoms with Crippen molar-refractivity contribution < 1.29 is 26.6 Å². The Morgan fingerprint density at radius 3 is 2.70 bits per heavy atom. The number of amides is 1. The second-order valence-electron chi connectivity index (χ2n) is 4.57. The van der Waals surface area contributed by atoms with Gasteiger partial charge in [0.1, 0.15) is 0 Å². The second-order valence-corrected chi connectivity index (χ2v) is 4.57. The molecular weight excluding hydrogens is 276 g/mol. The minimum atomic E-state index is -0.0166. The highest BCUT2D eigenvalue weighted by atomic mass is 35.5. The summed E-state index contributed by atoms with van der Waals surface area (Å²) in [6.07, 6.45) is 4.07. The van der Waals surface area contributed by atoms with E-state index >= 15 is 0 Å². The van der Waals surface area contributed by atoms with Crippen molar-refractivity contribution in [3.8, 4) is 0 Å². The molecule has 2 aromatic rings. The predicted octanol–water partition coefficient (Wildman–Crippen LogP) is -1.64. The third-order valence-corrected chi connectivity index (χ3v) is 3.16. The first kappa shape index (κ1) is 14.2. The van der Waals surface area contributed by atoms with Crippen molar-refractivity contribution in [2.75, 3.05) is 5.32 Å². The van der Waals surface area contributed by atoms with Crippen LogP contribution in [0.15, 0.2) is 48.8 Å². The van der Waals surface area contributed by atoms with Crippen molar-refractivity contribution in [1.29, 1.82) is 0 Å². The molecule has 0 bridgehead atoms. The summed E-state index contributed by atoms with van der Waals surface area (Å²) in [5.41, 5.74) is 2.36. The monoisotopic (exact) mass is 288 g/mol. The fourth-order valence-corrected chi connectivity index (χ4v) is 2.20. The first-order valence-corrected chi connectivity index (χ1v) is 6.12. The lowest BCUT2D eigenvalue weighted by Crippen LogP contribution is -3.00. The van der Waals surface area contributed by atoms with Gasteiger partial charge < -0.3 is 17.7 Å². The molecule has 102 valence electrons. The van der Waals surface area contributed by atoms with Crippen LogP contribution in [0.25, 0.3) is 0 Å². The van der Waals surface area contributed by atoms with Crippen molar-refractivity contribution >= 4 is 17.4 Å². The lowest BCUT2D eigenvalue weighted by atomic mass is 10.1. The highest BCUT2D eigenvalue weighted by Crippen LogP contribution is 2.23. The van der Waals surface area contributed by atoms with Gasteiger partial charge in [-0.2, -0.15) is 4.57 Å². The Morgan fingerprint density at radius 1 is 1.20 bits per heavy atom. The topological polar surface area (TPSA) is 50.1 Å². The number of hydrogen-bond acceptors (Lipinski definition) is 2. The first-order valence-electron chi connectivity index (χ1n) is 6.12. The van der Waals surface area contributed by atoms with Gasteiger partial charge in [-0.05, 0) is 23.8 Å². The Kier molecular flexibility index (Phi) is 4.15. The van der Waals surface area contributed by atoms with Gasteiger partial charge in [0.25, 0.3) is 0 Å². The van der Waals surface area contributed by atoms with Crippen LogP contribution >= 0.6 is 0 Å². The smallest absolute Gasteiger partial charge is 0.228 e. The van der Waals surface area contributed by atoms with Crippen LogP contribution in [-0.4, -0.2) is 11.7 Å². The molecule has 1 N–H and O–H groups in total. The molecule has 1 aromatic carbocycles. The molecule has 0 aliphatic carbocycles. The highest BCUT2D eigenvalue weighted by Gasteiger charge is 2.20. The van der Waals surface area contributed by atoms with Crippen molar-refractivity contribution in [3.05, 3.63) is 59.9 Å². The molecule has 1 amide bonds. The van der Waals surface area contributed by atoms with E-state index in [1.165, 1.54) is 0 Å². The maximum absolute atomic E-state index is 12.2. The van der Waals surface area contributed by atoms with Gasteiger partial charge in [0.15, 0.2) is 12.4 Å². The normalized spacial score (nSPS) is 12.3. The molecule has 2 heterocycles. The van der Waals surface area contributed by atoms with Gasteiger partial charge in [0.05, 0.1) is 6.42 Å². The van der Waals surface area contributed by atoms with Crippen LogP contribution in [0.5, 0.6) is 0 Å². The average Bonchev–Trinajstić information content (AvgIpc) is 2.78. The fraction of sp³-hybridized carbons (Fsp3) is 0.133. The third-order valence-electron chi connectivity index (χ3n) is 3.16. The Labute approximate surface area is 122 Å². The van der Waals surface area contributed by atoms with Crippen LogP contribution in [0.4, 0.5) is 5.69 Å². The number of hydrogen-bond donors (Lipinski definition) is 1. The maximum atomic E-state index is 12.2. The van der Waals surface area contributed by atoms with E-state index in [2.05, 4.69) is 5.32 Å². The number of aromatic nitrogens is 1. The van der Waals surface area contributed by atoms with Crippen LogP contribution in [0.1, 0.15) is 15.9 Å². The van der Waals surface area contributed by atoms with Crippen LogP contribution in [0.2, 0.25) is 0 Å². The van der Waals surface area contributed by atoms with Crippen molar-refractivity contribution in [1.82, 2.24) is 0 Å². The molecule has 20 heavy (non-hydrogen) atoms. The Morgan fingerprint density at radius 2 is 1.95 bits per heavy atom. The molecule has 0 unspecified atom stereocenters. The van der Waals surface area contributed by atoms with E-state index in [9.17, 15) is 9.59 Å². The molecule has 0 saturated carbocycles. The SMILES string of the molecule is O=C1Cc2cc(C(=O)C[n+]3ccccc3)ccc2N1.[Cl-]. The number of Topliss-reactive ketones (excluding diaryl/α,β-unsaturated/α-hetero) is 1. The number of anilines is 1. The first-order chi connectivity index (χ1) is 9.22. The van der Waals surface area contributed by atoms with E-state index in [1.54, 1.807) is 18.2 Å². The predicted molar refractivity (Wildman–Crippen MR) is 69.7 cm³/mol. The summed E-state index contributed by atoms with van der Waals surface area (Å²) in [5.74, 6) is 0.0235. The number of ketones is 1. The number of pyridine rings is 1. The van der Waals surface area contributed by atoms with E-state index in [-0.39, 0.29) is 24.1 Å². The molecule has 5 heteroatoms. The summed E-state index contributed by atoms with van der Waals surface area (Å²) in [6.45, 7) is 0.307. The molecular formula is C15H13ClN2O2. The maximum Gasteiger partial charge on any atom is 0.228 e. The van der Waals surface area contributed by atoms with Crippen molar-refractivity contribution in [3.63, 3.8) is 0 Å². The summed E-state index contributed by atoms with van der Waals surface area (Å²) in [6, 6.07) is 11.0. The largest absolute Gasteiger partial charge is 1.00 e. The van der Waals surface area contributed by atoms with Crippen molar-refractivity contribution in [2.24, 2.45) is 0 Å². The number of halogens is 1. The van der Waals surface area contributed by atoms with Gasteiger partial charge in [-0.3, -0.25) is 9.59 Å². The second kappa shape index (κ2) is 5.84. The summed E-state index contributed by atoms with van der Waals surface area (Å²) in [7, 11) is 0. The van der Waals surface area contributed by atoms with Crippen molar-refractivity contribution in [2.45, 2.75) is 13.0 Å². The Bertz CT molecular complexity index is 656. The van der Waals surface area contributed by atoms with Gasteiger partial charge in [0, 0.05) is 23.4 Å². The number of benzene rings is 1. The molecule has 0 saturated heterocycles. The summed E-state index contributed by atoms with van der Waals surface area (Å²) >= 11 is 0. The van der Waals surface area contributed by atoms with Gasteiger partial charge >= 0.3 is 0 Å². The molecule has 0 atom stereocenters. The van der Waals surface area contributed by atoms with Gasteiger partial charge in [-0.25, -0.2) is 0 Å². The van der Waals surface area contributed by atoms with Crippen LogP contribution < -0.4 is 22.3 Å². The molecule has 0 fully saturated rings. The molecule has 1 aliphatic rings. The average molecular weight is 289 g/mol. The minimum Gasteiger partial charge on any atom is -1.00 e. The zero-order valence-electron chi connectivity index (χ0n) is 10.7. The lowest BCUT2D eigenvalue weighted by molar-refractivity contribution is -0.683. The molecule has 0 spiro atoms. The fourth-order valence-electron chi connectivity index (χ4n) is 2.20. The van der Waals surface area contributed by atoms with E-state index in [0.717, 1.165) is 11.3 Å². The van der Waals surface area contributed by atoms with E-state index < -0.39 is 0 Å². The summed E-state index contributed by atoms with van der Waals surface area (Å²) in [4.78, 5) is 23.4. The minimum absolute atomic E-state index is 0. The van der Waals surface area contributed by atoms with Crippen LogP contribution in [0, 0.1) is 0 Å². The lowest BCUT2D eigenvalue weighted by Gasteiger charge is -2.02. The van der Waals surface area contributed by atoms with E-state index in [4.69, 9.17) is 0 Å². The molecule has 1 aliphatic heterocycles. The molecule has 3 rings (SSSR count). The number of nitrogens with one attached hydrogen (secondary N) is 1. The zero-order valence-corrected chi connectivity index (χ0v) is 11.4. The number of fused-ring (bicyclic) bond motifs is 1. The Hall–Kier alpha value is -2.20. The number of carbonyl (C=O) groups is 2. The van der Waals surface area contributed by atoms with E-state index in [1.807, 2.05) is 35.2 Å². The van der Waals surface area contributed by atoms with Crippen LogP contribution in [0.3, 0.4) is 0 Å². The number of rotatable bonds is 3. The van der Waals surface area contributed by atoms with Gasteiger partial charge in [0.2, 0.25) is 18.2 Å².